The van der Waals surface area contributed by atoms with Gasteiger partial charge in [0.1, 0.15) is 21.4 Å². The Morgan fingerprint density at radius 1 is 0.662 bits per heavy atom. The minimum absolute atomic E-state index is 0.130. The van der Waals surface area contributed by atoms with Crippen molar-refractivity contribution in [3.8, 4) is 56.1 Å². The molecule has 2 aromatic carbocycles. The number of nitriles is 2. The van der Waals surface area contributed by atoms with Gasteiger partial charge < -0.3 is 30.6 Å². The number of aromatic nitrogens is 10. The fourth-order valence-corrected chi connectivity index (χ4v) is 9.73. The van der Waals surface area contributed by atoms with E-state index >= 15 is 0 Å². The first-order valence-electron chi connectivity index (χ1n) is 21.1. The summed E-state index contributed by atoms with van der Waals surface area (Å²) in [5.41, 5.74) is 1.08. The number of amides is 2. The molecule has 20 nitrogen and oxygen atoms in total. The van der Waals surface area contributed by atoms with Crippen LogP contribution in [0, 0.1) is 22.7 Å². The van der Waals surface area contributed by atoms with Crippen LogP contribution in [0.4, 0.5) is 23.5 Å². The second-order valence-electron chi connectivity index (χ2n) is 16.3. The number of anilines is 4. The summed E-state index contributed by atoms with van der Waals surface area (Å²) in [4.78, 5) is 57.3. The van der Waals surface area contributed by atoms with Crippen molar-refractivity contribution in [3.63, 3.8) is 0 Å². The van der Waals surface area contributed by atoms with Gasteiger partial charge in [0.15, 0.2) is 22.8 Å². The minimum Gasteiger partial charge on any atom is -0.375 e. The maximum absolute atomic E-state index is 13.9. The molecule has 2 aliphatic heterocycles. The van der Waals surface area contributed by atoms with Gasteiger partial charge in [-0.1, -0.05) is 0 Å². The third-order valence-electron chi connectivity index (χ3n) is 11.8. The molecule has 2 fully saturated rings. The Labute approximate surface area is 395 Å². The summed E-state index contributed by atoms with van der Waals surface area (Å²) in [6.07, 6.45) is 7.13. The van der Waals surface area contributed by atoms with Crippen molar-refractivity contribution in [2.24, 2.45) is 7.05 Å². The van der Waals surface area contributed by atoms with Crippen molar-refractivity contribution in [1.29, 1.82) is 10.5 Å². The maximum atomic E-state index is 13.9. The van der Waals surface area contributed by atoms with E-state index < -0.39 is 23.0 Å². The van der Waals surface area contributed by atoms with Crippen LogP contribution in [-0.2, 0) is 34.4 Å². The molecule has 8 aromatic rings. The summed E-state index contributed by atoms with van der Waals surface area (Å²) < 4.78 is 3.34. The fourth-order valence-electron chi connectivity index (χ4n) is 8.14. The number of hydrogen-bond acceptors (Lipinski definition) is 18. The van der Waals surface area contributed by atoms with Gasteiger partial charge in [0.2, 0.25) is 11.9 Å². The number of nitrogens with one attached hydrogen (secondary N) is 2. The maximum Gasteiger partial charge on any atom is 0.259 e. The number of carbonyl (C=O) groups excluding carboxylic acids is 2. The first-order chi connectivity index (χ1) is 32.9. The van der Waals surface area contributed by atoms with E-state index in [1.807, 2.05) is 17.8 Å². The van der Waals surface area contributed by atoms with Gasteiger partial charge in [-0.15, -0.1) is 22.7 Å². The van der Waals surface area contributed by atoms with Crippen LogP contribution >= 0.6 is 22.7 Å². The zero-order valence-corrected chi connectivity index (χ0v) is 37.9. The lowest BCUT2D eigenvalue weighted by Crippen LogP contribution is -2.39. The Morgan fingerprint density at radius 2 is 1.21 bits per heavy atom. The van der Waals surface area contributed by atoms with Gasteiger partial charge in [-0.3, -0.25) is 19.0 Å². The van der Waals surface area contributed by atoms with E-state index in [0.717, 1.165) is 0 Å². The molecule has 8 heterocycles. The van der Waals surface area contributed by atoms with Crippen LogP contribution in [-0.4, -0.2) is 108 Å². The van der Waals surface area contributed by atoms with E-state index in [4.69, 9.17) is 9.97 Å². The zero-order valence-electron chi connectivity index (χ0n) is 36.3. The summed E-state index contributed by atoms with van der Waals surface area (Å²) >= 11 is 2.71. The number of aliphatic hydroxyl groups is 2. The molecular weight excluding hydrogens is 905 g/mol. The van der Waals surface area contributed by atoms with Gasteiger partial charge in [0, 0.05) is 105 Å². The lowest BCUT2D eigenvalue weighted by molar-refractivity contribution is -0.144. The van der Waals surface area contributed by atoms with E-state index in [9.17, 15) is 30.3 Å². The Morgan fingerprint density at radius 3 is 1.74 bits per heavy atom. The predicted molar refractivity (Wildman–Crippen MR) is 250 cm³/mol. The highest BCUT2D eigenvalue weighted by atomic mass is 32.1. The monoisotopic (exact) mass is 942 g/mol. The smallest absolute Gasteiger partial charge is 0.259 e. The quantitative estimate of drug-likeness (QED) is 0.116. The van der Waals surface area contributed by atoms with Gasteiger partial charge >= 0.3 is 0 Å². The Hall–Kier alpha value is -8.28. The Bertz CT molecular complexity index is 3350. The zero-order chi connectivity index (χ0) is 47.2. The van der Waals surface area contributed by atoms with Crippen LogP contribution in [0.1, 0.15) is 35.1 Å². The van der Waals surface area contributed by atoms with Crippen LogP contribution in [0.25, 0.3) is 43.9 Å². The molecule has 6 aromatic heterocycles. The van der Waals surface area contributed by atoms with E-state index in [1.165, 1.54) is 27.6 Å². The van der Waals surface area contributed by atoms with E-state index in [2.05, 4.69) is 52.9 Å². The molecule has 0 bridgehead atoms. The molecular formula is C46H38N16O4S2. The summed E-state index contributed by atoms with van der Waals surface area (Å²) in [6, 6.07) is 21.2. The summed E-state index contributed by atoms with van der Waals surface area (Å²) in [5.74, 6) is 0.804. The van der Waals surface area contributed by atoms with Crippen molar-refractivity contribution in [3.05, 3.63) is 118 Å². The van der Waals surface area contributed by atoms with Gasteiger partial charge in [0.25, 0.3) is 11.8 Å². The highest BCUT2D eigenvalue weighted by molar-refractivity contribution is 7.13. The number of aryl methyl sites for hydroxylation is 1. The lowest BCUT2D eigenvalue weighted by atomic mass is 9.89. The largest absolute Gasteiger partial charge is 0.375 e. The summed E-state index contributed by atoms with van der Waals surface area (Å²) in [6.45, 7) is 1.29. The molecule has 338 valence electrons. The second-order valence-corrected chi connectivity index (χ2v) is 18.0. The molecule has 0 radical (unpaired) electrons. The standard InChI is InChI=1S/C46H38N16O4S2/c1-59-13-7-45(65,41(59)63)31-19-27(23-47)17-29(21-31)35-25-67-40(51-35)34-4-10-50-44(54-34)56-38-6-12-62(58-38)16-15-61-14-8-46(66,42(61)64)32-20-28(24-48)18-30(22-32)36-26-68-39(52-36)33-3-9-49-43(53-33)55-37-5-11-60(2)57-37/h3-6,9-12,17-22,25-26,65-66H,7-8,13-16H2,1-2H3,(H,49,53,55,57)(H,50,54,56,58)/t45-,46+/m1/s1. The van der Waals surface area contributed by atoms with Gasteiger partial charge in [-0.25, -0.2) is 29.9 Å². The third kappa shape index (κ3) is 8.40. The number of likely N-dealkylation sites (N-methyl/N-ethyl adjacent to an activating group) is 1. The molecule has 0 aliphatic carbocycles. The molecule has 0 unspecified atom stereocenters. The van der Waals surface area contributed by atoms with Crippen molar-refractivity contribution in [1.82, 2.24) is 59.3 Å². The molecule has 0 spiro atoms. The highest BCUT2D eigenvalue weighted by Gasteiger charge is 2.47. The van der Waals surface area contributed by atoms with Crippen LogP contribution in [0.15, 0.2) is 96.2 Å². The Balaban J connectivity index is 0.785. The van der Waals surface area contributed by atoms with Crippen LogP contribution in [0.3, 0.4) is 0 Å². The number of benzene rings is 2. The first kappa shape index (κ1) is 43.6. The third-order valence-corrected chi connectivity index (χ3v) is 13.5. The van der Waals surface area contributed by atoms with Crippen LogP contribution < -0.4 is 10.6 Å². The molecule has 2 amide bonds. The average Bonchev–Trinajstić information content (AvgIpc) is 4.24. The molecule has 2 aliphatic rings. The van der Waals surface area contributed by atoms with Crippen LogP contribution in [0.5, 0.6) is 0 Å². The first-order valence-corrected chi connectivity index (χ1v) is 22.9. The fraction of sp³-hybridized carbons (Fsp3) is 0.217. The van der Waals surface area contributed by atoms with Gasteiger partial charge in [0.05, 0.1) is 41.2 Å². The molecule has 10 rings (SSSR count). The molecule has 22 heteroatoms. The molecule has 0 saturated carbocycles. The van der Waals surface area contributed by atoms with Gasteiger partial charge in [-0.2, -0.15) is 20.7 Å². The number of nitrogens with zero attached hydrogens (tertiary/aromatic N) is 14. The Kier molecular flexibility index (Phi) is 11.2. The van der Waals surface area contributed by atoms with Crippen molar-refractivity contribution in [2.75, 3.05) is 37.3 Å². The number of thiazole rings is 2. The minimum atomic E-state index is -1.85. The second kappa shape index (κ2) is 17.5. The van der Waals surface area contributed by atoms with E-state index in [1.54, 1.807) is 107 Å². The molecule has 2 atom stereocenters. The normalized spacial score (nSPS) is 18.0. The summed E-state index contributed by atoms with van der Waals surface area (Å²) in [7, 11) is 3.45. The molecule has 2 saturated heterocycles. The topological polar surface area (TPSA) is 266 Å². The number of carbonyl (C=O) groups is 2. The molecule has 68 heavy (non-hydrogen) atoms. The lowest BCUT2D eigenvalue weighted by Gasteiger charge is -2.23. The van der Waals surface area contributed by atoms with E-state index in [-0.39, 0.29) is 30.9 Å². The number of rotatable bonds is 13. The average molecular weight is 943 g/mol. The van der Waals surface area contributed by atoms with Crippen molar-refractivity contribution in [2.45, 2.75) is 30.6 Å². The number of hydrogen-bond donors (Lipinski definition) is 4. The van der Waals surface area contributed by atoms with Crippen LogP contribution in [0.2, 0.25) is 0 Å². The predicted octanol–water partition coefficient (Wildman–Crippen LogP) is 5.18. The summed E-state index contributed by atoms with van der Waals surface area (Å²) in [5, 5.41) is 62.9. The highest BCUT2D eigenvalue weighted by Crippen LogP contribution is 2.39. The van der Waals surface area contributed by atoms with Crippen molar-refractivity contribution < 1.29 is 19.8 Å². The van der Waals surface area contributed by atoms with E-state index in [0.29, 0.717) is 97.8 Å². The van der Waals surface area contributed by atoms with Crippen molar-refractivity contribution >= 4 is 58.0 Å². The molecule has 4 N–H and O–H groups in total. The SMILES string of the molecule is CN1CC[C@@](O)(c2cc(C#N)cc(-c3csc(-c4ccnc(Nc5ccn(CCN6CC[C@](O)(c7cc(C#N)cc(-c8csc(-c9ccnc(Nc%10ccn(C)n%10)n9)n8)c7)C6=O)n5)n4)n3)c2)C1=O. The number of likely N-dealkylation sites (tertiary alicyclic amines) is 2. The van der Waals surface area contributed by atoms with Gasteiger partial charge in [-0.05, 0) is 59.7 Å².